The second-order valence-electron chi connectivity index (χ2n) is 5.24. The van der Waals surface area contributed by atoms with Gasteiger partial charge in [0.2, 0.25) is 0 Å². The third-order valence-corrected chi connectivity index (χ3v) is 3.48. The fourth-order valence-electron chi connectivity index (χ4n) is 2.05. The van der Waals surface area contributed by atoms with Crippen LogP contribution in [0.25, 0.3) is 0 Å². The van der Waals surface area contributed by atoms with Gasteiger partial charge in [0.15, 0.2) is 0 Å². The molecule has 3 nitrogen and oxygen atoms in total. The maximum Gasteiger partial charge on any atom is 0.340 e. The van der Waals surface area contributed by atoms with Gasteiger partial charge in [0, 0.05) is 6.54 Å². The van der Waals surface area contributed by atoms with Gasteiger partial charge in [-0.05, 0) is 29.9 Å². The van der Waals surface area contributed by atoms with Gasteiger partial charge in [-0.1, -0.05) is 19.9 Å². The molecule has 92 valence electrons. The van der Waals surface area contributed by atoms with Gasteiger partial charge >= 0.3 is 5.97 Å². The fraction of sp³-hybridized carbons (Fsp3) is 0.462. The minimum Gasteiger partial charge on any atom is -0.478 e. The number of nitrogens with one attached hydrogen (secondary N) is 1. The molecule has 0 amide bonds. The lowest BCUT2D eigenvalue weighted by Crippen LogP contribution is -2.12. The highest BCUT2D eigenvalue weighted by Crippen LogP contribution is 2.51. The number of anilines is 1. The van der Waals surface area contributed by atoms with Gasteiger partial charge < -0.3 is 10.4 Å². The second kappa shape index (κ2) is 4.02. The van der Waals surface area contributed by atoms with Crippen molar-refractivity contribution in [3.8, 4) is 0 Å². The standard InChI is InChI=1S/C13H16FNO2/c1-13(2)6-8(13)7-15-10-5-3-4-9(14)11(10)12(16)17/h3-5,8,15H,6-7H2,1-2H3,(H,16,17). The lowest BCUT2D eigenvalue weighted by Gasteiger charge is -2.10. The van der Waals surface area contributed by atoms with Crippen LogP contribution in [0.2, 0.25) is 0 Å². The van der Waals surface area contributed by atoms with Gasteiger partial charge in [0.1, 0.15) is 11.4 Å². The molecule has 1 aromatic rings. The average Bonchev–Trinajstić information content (AvgIpc) is 2.83. The molecular formula is C13H16FNO2. The maximum atomic E-state index is 13.4. The van der Waals surface area contributed by atoms with Crippen molar-refractivity contribution in [3.05, 3.63) is 29.6 Å². The number of halogens is 1. The zero-order chi connectivity index (χ0) is 12.6. The minimum absolute atomic E-state index is 0.272. The van der Waals surface area contributed by atoms with Crippen molar-refractivity contribution in [2.45, 2.75) is 20.3 Å². The highest BCUT2D eigenvalue weighted by atomic mass is 19.1. The summed E-state index contributed by atoms with van der Waals surface area (Å²) < 4.78 is 13.4. The smallest absolute Gasteiger partial charge is 0.340 e. The summed E-state index contributed by atoms with van der Waals surface area (Å²) in [4.78, 5) is 11.0. The Kier molecular flexibility index (Phi) is 2.81. The van der Waals surface area contributed by atoms with Gasteiger partial charge in [-0.2, -0.15) is 0 Å². The Morgan fingerprint density at radius 2 is 2.24 bits per heavy atom. The lowest BCUT2D eigenvalue weighted by molar-refractivity contribution is 0.0693. The van der Waals surface area contributed by atoms with Crippen LogP contribution in [0, 0.1) is 17.2 Å². The van der Waals surface area contributed by atoms with Gasteiger partial charge in [-0.3, -0.25) is 0 Å². The Labute approximate surface area is 99.7 Å². The van der Waals surface area contributed by atoms with E-state index in [1.807, 2.05) is 0 Å². The summed E-state index contributed by atoms with van der Waals surface area (Å²) in [5, 5.41) is 12.0. The molecule has 1 fully saturated rings. The summed E-state index contributed by atoms with van der Waals surface area (Å²) in [6.07, 6.45) is 1.12. The first kappa shape index (κ1) is 11.9. The van der Waals surface area contributed by atoms with E-state index in [9.17, 15) is 9.18 Å². The first-order valence-corrected chi connectivity index (χ1v) is 5.67. The Morgan fingerprint density at radius 3 is 2.76 bits per heavy atom. The number of aromatic carboxylic acids is 1. The monoisotopic (exact) mass is 237 g/mol. The number of hydrogen-bond donors (Lipinski definition) is 2. The number of carboxylic acid groups (broad SMARTS) is 1. The van der Waals surface area contributed by atoms with Gasteiger partial charge in [-0.25, -0.2) is 9.18 Å². The molecule has 17 heavy (non-hydrogen) atoms. The van der Waals surface area contributed by atoms with Crippen LogP contribution >= 0.6 is 0 Å². The molecule has 1 aromatic carbocycles. The van der Waals surface area contributed by atoms with Crippen molar-refractivity contribution >= 4 is 11.7 Å². The van der Waals surface area contributed by atoms with E-state index in [-0.39, 0.29) is 5.56 Å². The second-order valence-corrected chi connectivity index (χ2v) is 5.24. The van der Waals surface area contributed by atoms with E-state index in [0.717, 1.165) is 12.5 Å². The zero-order valence-electron chi connectivity index (χ0n) is 9.96. The topological polar surface area (TPSA) is 49.3 Å². The fourth-order valence-corrected chi connectivity index (χ4v) is 2.05. The molecule has 0 heterocycles. The molecular weight excluding hydrogens is 221 g/mol. The summed E-state index contributed by atoms with van der Waals surface area (Å²) in [5.74, 6) is -1.40. The van der Waals surface area contributed by atoms with Crippen molar-refractivity contribution in [2.24, 2.45) is 11.3 Å². The first-order valence-electron chi connectivity index (χ1n) is 5.67. The van der Waals surface area contributed by atoms with Crippen molar-refractivity contribution in [2.75, 3.05) is 11.9 Å². The number of benzene rings is 1. The Morgan fingerprint density at radius 1 is 1.59 bits per heavy atom. The summed E-state index contributed by atoms with van der Waals surface area (Å²) in [6, 6.07) is 4.28. The normalized spacial score (nSPS) is 21.0. The zero-order valence-corrected chi connectivity index (χ0v) is 9.96. The number of rotatable bonds is 4. The van der Waals surface area contributed by atoms with Crippen molar-refractivity contribution in [1.29, 1.82) is 0 Å². The molecule has 0 aromatic heterocycles. The summed E-state index contributed by atoms with van der Waals surface area (Å²) in [5.41, 5.74) is 0.412. The molecule has 4 heteroatoms. The molecule has 2 N–H and O–H groups in total. The maximum absolute atomic E-state index is 13.4. The third-order valence-electron chi connectivity index (χ3n) is 3.48. The van der Waals surface area contributed by atoms with Gasteiger partial charge in [0.25, 0.3) is 0 Å². The van der Waals surface area contributed by atoms with Crippen LogP contribution in [0.3, 0.4) is 0 Å². The molecule has 0 saturated heterocycles. The molecule has 1 atom stereocenters. The van der Waals surface area contributed by atoms with Crippen molar-refractivity contribution in [3.63, 3.8) is 0 Å². The Hall–Kier alpha value is -1.58. The van der Waals surface area contributed by atoms with Gasteiger partial charge in [0.05, 0.1) is 5.69 Å². The predicted octanol–water partition coefficient (Wildman–Crippen LogP) is 2.98. The van der Waals surface area contributed by atoms with E-state index in [1.165, 1.54) is 6.07 Å². The molecule has 1 unspecified atom stereocenters. The molecule has 1 aliphatic carbocycles. The predicted molar refractivity (Wildman–Crippen MR) is 63.7 cm³/mol. The molecule has 1 saturated carbocycles. The van der Waals surface area contributed by atoms with E-state index in [1.54, 1.807) is 6.07 Å². The van der Waals surface area contributed by atoms with Crippen LogP contribution in [0.4, 0.5) is 10.1 Å². The quantitative estimate of drug-likeness (QED) is 0.846. The highest BCUT2D eigenvalue weighted by molar-refractivity contribution is 5.94. The molecule has 2 rings (SSSR count). The van der Waals surface area contributed by atoms with E-state index in [2.05, 4.69) is 19.2 Å². The molecule has 1 aliphatic rings. The molecule has 0 bridgehead atoms. The molecule has 0 spiro atoms. The minimum atomic E-state index is -1.24. The van der Waals surface area contributed by atoms with E-state index in [4.69, 9.17) is 5.11 Å². The summed E-state index contributed by atoms with van der Waals surface area (Å²) >= 11 is 0. The third kappa shape index (κ3) is 2.40. The number of carbonyl (C=O) groups is 1. The molecule has 0 aliphatic heterocycles. The van der Waals surface area contributed by atoms with Crippen LogP contribution in [0.15, 0.2) is 18.2 Å². The van der Waals surface area contributed by atoms with Crippen molar-refractivity contribution in [1.82, 2.24) is 0 Å². The van der Waals surface area contributed by atoms with E-state index >= 15 is 0 Å². The van der Waals surface area contributed by atoms with Crippen LogP contribution in [-0.2, 0) is 0 Å². The first-order chi connectivity index (χ1) is 7.92. The van der Waals surface area contributed by atoms with Gasteiger partial charge in [-0.15, -0.1) is 0 Å². The van der Waals surface area contributed by atoms with Crippen LogP contribution in [0.1, 0.15) is 30.6 Å². The van der Waals surface area contributed by atoms with E-state index < -0.39 is 11.8 Å². The highest BCUT2D eigenvalue weighted by Gasteiger charge is 2.45. The average molecular weight is 237 g/mol. The van der Waals surface area contributed by atoms with Crippen LogP contribution in [-0.4, -0.2) is 17.6 Å². The van der Waals surface area contributed by atoms with Crippen LogP contribution < -0.4 is 5.32 Å². The Bertz CT molecular complexity index is 457. The number of carboxylic acids is 1. The number of hydrogen-bond acceptors (Lipinski definition) is 2. The van der Waals surface area contributed by atoms with Crippen molar-refractivity contribution < 1.29 is 14.3 Å². The Balaban J connectivity index is 2.10. The molecule has 0 radical (unpaired) electrons. The summed E-state index contributed by atoms with van der Waals surface area (Å²) in [7, 11) is 0. The largest absolute Gasteiger partial charge is 0.478 e. The van der Waals surface area contributed by atoms with Crippen LogP contribution in [0.5, 0.6) is 0 Å². The SMILES string of the molecule is CC1(C)CC1CNc1cccc(F)c1C(=O)O. The lowest BCUT2D eigenvalue weighted by atomic mass is 10.1. The summed E-state index contributed by atoms with van der Waals surface area (Å²) in [6.45, 7) is 5.03. The van der Waals surface area contributed by atoms with E-state index in [0.29, 0.717) is 23.6 Å².